The van der Waals surface area contributed by atoms with Crippen LogP contribution in [0.5, 0.6) is 11.5 Å². The lowest BCUT2D eigenvalue weighted by Crippen LogP contribution is -2.51. The van der Waals surface area contributed by atoms with Gasteiger partial charge in [-0.05, 0) is 35.4 Å². The van der Waals surface area contributed by atoms with Crippen molar-refractivity contribution < 1.29 is 14.3 Å². The molecule has 4 aromatic rings. The maximum atomic E-state index is 13.2. The number of piperazine rings is 1. The van der Waals surface area contributed by atoms with Crippen LogP contribution >= 0.6 is 0 Å². The summed E-state index contributed by atoms with van der Waals surface area (Å²) in [5.41, 5.74) is 3.47. The van der Waals surface area contributed by atoms with E-state index in [2.05, 4.69) is 58.5 Å². The number of carbonyl (C=O) groups is 1. The van der Waals surface area contributed by atoms with Gasteiger partial charge >= 0.3 is 0 Å². The number of carbonyl (C=O) groups excluding carboxylic acids is 1. The van der Waals surface area contributed by atoms with Gasteiger partial charge in [-0.1, -0.05) is 60.7 Å². The summed E-state index contributed by atoms with van der Waals surface area (Å²) in [5, 5.41) is 4.48. The van der Waals surface area contributed by atoms with Crippen LogP contribution in [0.25, 0.3) is 11.3 Å². The molecule has 0 radical (unpaired) electrons. The summed E-state index contributed by atoms with van der Waals surface area (Å²) in [4.78, 5) is 30.0. The number of aromatic nitrogens is 2. The Labute approximate surface area is 228 Å². The van der Waals surface area contributed by atoms with E-state index in [9.17, 15) is 9.59 Å². The first-order chi connectivity index (χ1) is 19.1. The van der Waals surface area contributed by atoms with Gasteiger partial charge in [-0.3, -0.25) is 14.5 Å². The van der Waals surface area contributed by atoms with Crippen LogP contribution in [0.2, 0.25) is 0 Å². The van der Waals surface area contributed by atoms with Crippen LogP contribution in [-0.2, 0) is 11.3 Å². The van der Waals surface area contributed by atoms with E-state index in [1.165, 1.54) is 21.9 Å². The van der Waals surface area contributed by atoms with Gasteiger partial charge in [0.2, 0.25) is 5.91 Å². The molecule has 1 saturated heterocycles. The highest BCUT2D eigenvalue weighted by atomic mass is 16.5. The molecular weight excluding hydrogens is 492 g/mol. The number of benzene rings is 3. The van der Waals surface area contributed by atoms with Crippen molar-refractivity contribution in [2.24, 2.45) is 0 Å². The third-order valence-electron chi connectivity index (χ3n) is 7.09. The van der Waals surface area contributed by atoms with Gasteiger partial charge in [0.25, 0.3) is 5.56 Å². The van der Waals surface area contributed by atoms with E-state index in [0.29, 0.717) is 30.3 Å². The zero-order chi connectivity index (χ0) is 27.2. The molecule has 0 atom stereocenters. The summed E-state index contributed by atoms with van der Waals surface area (Å²) in [6.45, 7) is 2.52. The molecule has 2 heterocycles. The minimum Gasteiger partial charge on any atom is -0.493 e. The lowest BCUT2D eigenvalue weighted by atomic mass is 9.96. The monoisotopic (exact) mass is 524 g/mol. The number of hydrogen-bond donors (Lipinski definition) is 0. The van der Waals surface area contributed by atoms with Gasteiger partial charge in [0, 0.05) is 37.8 Å². The first-order valence-corrected chi connectivity index (χ1v) is 13.0. The Hall–Kier alpha value is -4.43. The average Bonchev–Trinajstić information content (AvgIpc) is 2.99. The first-order valence-electron chi connectivity index (χ1n) is 13.0. The van der Waals surface area contributed by atoms with Gasteiger partial charge in [0.05, 0.1) is 26.0 Å². The molecule has 0 saturated carbocycles. The van der Waals surface area contributed by atoms with Crippen LogP contribution in [0.15, 0.2) is 95.8 Å². The Morgan fingerprint density at radius 1 is 0.795 bits per heavy atom. The third kappa shape index (κ3) is 5.86. The number of ether oxygens (including phenoxy) is 2. The Morgan fingerprint density at radius 3 is 2.00 bits per heavy atom. The van der Waals surface area contributed by atoms with E-state index < -0.39 is 0 Å². The first kappa shape index (κ1) is 26.2. The van der Waals surface area contributed by atoms with E-state index in [1.54, 1.807) is 32.4 Å². The van der Waals surface area contributed by atoms with Gasteiger partial charge < -0.3 is 14.4 Å². The number of amides is 1. The van der Waals surface area contributed by atoms with Crippen molar-refractivity contribution in [1.29, 1.82) is 0 Å². The molecule has 1 aliphatic heterocycles. The predicted molar refractivity (Wildman–Crippen MR) is 150 cm³/mol. The molecule has 39 heavy (non-hydrogen) atoms. The molecule has 8 heteroatoms. The van der Waals surface area contributed by atoms with Crippen LogP contribution in [0.4, 0.5) is 0 Å². The minimum absolute atomic E-state index is 0.110. The molecule has 0 spiro atoms. The smallest absolute Gasteiger partial charge is 0.267 e. The number of rotatable bonds is 8. The van der Waals surface area contributed by atoms with Crippen molar-refractivity contribution in [3.05, 3.63) is 112 Å². The molecule has 0 bridgehead atoms. The van der Waals surface area contributed by atoms with Gasteiger partial charge in [0.15, 0.2) is 11.5 Å². The molecule has 0 N–H and O–H groups in total. The molecular formula is C31H32N4O4. The highest BCUT2D eigenvalue weighted by molar-refractivity contribution is 5.76. The van der Waals surface area contributed by atoms with Crippen molar-refractivity contribution in [2.45, 2.75) is 12.6 Å². The van der Waals surface area contributed by atoms with Crippen molar-refractivity contribution in [3.63, 3.8) is 0 Å². The van der Waals surface area contributed by atoms with Crippen LogP contribution in [-0.4, -0.2) is 65.9 Å². The molecule has 1 amide bonds. The van der Waals surface area contributed by atoms with E-state index in [1.807, 2.05) is 23.1 Å². The third-order valence-corrected chi connectivity index (χ3v) is 7.09. The maximum Gasteiger partial charge on any atom is 0.267 e. The van der Waals surface area contributed by atoms with E-state index in [0.717, 1.165) is 18.7 Å². The number of nitrogens with zero attached hydrogens (tertiary/aromatic N) is 4. The highest BCUT2D eigenvalue weighted by Gasteiger charge is 2.28. The standard InChI is InChI=1S/C31H32N4O4/c1-38-27-15-13-25(21-28(27)39-2)26-14-16-29(36)35(32-26)22-30(37)33-17-19-34(20-18-33)31(23-9-5-3-6-10-23)24-11-7-4-8-12-24/h3-16,21,31H,17-20,22H2,1-2H3. The Morgan fingerprint density at radius 2 is 1.41 bits per heavy atom. The molecule has 1 aromatic heterocycles. The van der Waals surface area contributed by atoms with Crippen molar-refractivity contribution >= 4 is 5.91 Å². The van der Waals surface area contributed by atoms with Gasteiger partial charge in [-0.15, -0.1) is 0 Å². The second-order valence-electron chi connectivity index (χ2n) is 9.42. The Bertz CT molecular complexity index is 1430. The SMILES string of the molecule is COc1ccc(-c2ccc(=O)n(CC(=O)N3CCN(C(c4ccccc4)c4ccccc4)CC3)n2)cc1OC. The average molecular weight is 525 g/mol. The second kappa shape index (κ2) is 12.0. The van der Waals surface area contributed by atoms with Crippen LogP contribution in [0, 0.1) is 0 Å². The molecule has 8 nitrogen and oxygen atoms in total. The largest absolute Gasteiger partial charge is 0.493 e. The van der Waals surface area contributed by atoms with E-state index >= 15 is 0 Å². The van der Waals surface area contributed by atoms with Crippen LogP contribution in [0.1, 0.15) is 17.2 Å². The molecule has 0 aliphatic carbocycles. The second-order valence-corrected chi connectivity index (χ2v) is 9.42. The fourth-order valence-corrected chi connectivity index (χ4v) is 5.05. The van der Waals surface area contributed by atoms with E-state index in [4.69, 9.17) is 9.47 Å². The summed E-state index contributed by atoms with van der Waals surface area (Å²) in [7, 11) is 3.14. The lowest BCUT2D eigenvalue weighted by Gasteiger charge is -2.39. The molecule has 200 valence electrons. The normalized spacial score (nSPS) is 13.9. The van der Waals surface area contributed by atoms with Crippen molar-refractivity contribution in [1.82, 2.24) is 19.6 Å². The Balaban J connectivity index is 1.28. The molecule has 1 fully saturated rings. The highest BCUT2D eigenvalue weighted by Crippen LogP contribution is 2.31. The zero-order valence-electron chi connectivity index (χ0n) is 22.2. The van der Waals surface area contributed by atoms with Crippen LogP contribution < -0.4 is 15.0 Å². The zero-order valence-corrected chi connectivity index (χ0v) is 22.2. The molecule has 3 aromatic carbocycles. The van der Waals surface area contributed by atoms with E-state index in [-0.39, 0.29) is 24.1 Å². The molecule has 0 unspecified atom stereocenters. The van der Waals surface area contributed by atoms with Crippen molar-refractivity contribution in [3.8, 4) is 22.8 Å². The quantitative estimate of drug-likeness (QED) is 0.348. The van der Waals surface area contributed by atoms with Gasteiger partial charge in [-0.2, -0.15) is 5.10 Å². The predicted octanol–water partition coefficient (Wildman–Crippen LogP) is 3.86. The van der Waals surface area contributed by atoms with Gasteiger partial charge in [0.1, 0.15) is 6.54 Å². The number of hydrogen-bond acceptors (Lipinski definition) is 6. The minimum atomic E-state index is -0.320. The molecule has 5 rings (SSSR count). The molecule has 1 aliphatic rings. The topological polar surface area (TPSA) is 76.9 Å². The summed E-state index contributed by atoms with van der Waals surface area (Å²) in [5.74, 6) is 1.04. The maximum absolute atomic E-state index is 13.2. The number of methoxy groups -OCH3 is 2. The fourth-order valence-electron chi connectivity index (χ4n) is 5.05. The summed E-state index contributed by atoms with van der Waals surface area (Å²) >= 11 is 0. The Kier molecular flexibility index (Phi) is 8.03. The van der Waals surface area contributed by atoms with Crippen molar-refractivity contribution in [2.75, 3.05) is 40.4 Å². The van der Waals surface area contributed by atoms with Crippen LogP contribution in [0.3, 0.4) is 0 Å². The lowest BCUT2D eigenvalue weighted by molar-refractivity contribution is -0.134. The van der Waals surface area contributed by atoms with Gasteiger partial charge in [-0.25, -0.2) is 4.68 Å². The summed E-state index contributed by atoms with van der Waals surface area (Å²) in [6.07, 6.45) is 0. The summed E-state index contributed by atoms with van der Waals surface area (Å²) < 4.78 is 11.9. The fraction of sp³-hybridized carbons (Fsp3) is 0.258. The summed E-state index contributed by atoms with van der Waals surface area (Å²) in [6, 6.07) is 29.5.